The molecule has 0 atom stereocenters. The first-order chi connectivity index (χ1) is 13.4. The zero-order chi connectivity index (χ0) is 20.1. The zero-order valence-electron chi connectivity index (χ0n) is 15.2. The average Bonchev–Trinajstić information content (AvgIpc) is 2.73. The third-order valence-corrected chi connectivity index (χ3v) is 6.02. The van der Waals surface area contributed by atoms with Crippen molar-refractivity contribution in [1.29, 1.82) is 0 Å². The number of anilines is 1. The molecule has 0 spiro atoms. The van der Waals surface area contributed by atoms with Gasteiger partial charge < -0.3 is 5.32 Å². The Bertz CT molecular complexity index is 1070. The van der Waals surface area contributed by atoms with Crippen LogP contribution < -0.4 is 9.62 Å². The van der Waals surface area contributed by atoms with E-state index in [9.17, 15) is 17.6 Å². The van der Waals surface area contributed by atoms with Gasteiger partial charge in [0.05, 0.1) is 10.6 Å². The van der Waals surface area contributed by atoms with Crippen LogP contribution in [0.3, 0.4) is 0 Å². The zero-order valence-corrected chi connectivity index (χ0v) is 16.0. The summed E-state index contributed by atoms with van der Waals surface area (Å²) in [6.07, 6.45) is 0. The van der Waals surface area contributed by atoms with Crippen molar-refractivity contribution in [3.63, 3.8) is 0 Å². The second-order valence-electron chi connectivity index (χ2n) is 6.15. The van der Waals surface area contributed by atoms with Gasteiger partial charge in [0.2, 0.25) is 0 Å². The molecule has 3 aromatic rings. The lowest BCUT2D eigenvalue weighted by Gasteiger charge is -2.19. The Morgan fingerprint density at radius 3 is 2.32 bits per heavy atom. The second-order valence-corrected chi connectivity index (χ2v) is 8.11. The van der Waals surface area contributed by atoms with E-state index < -0.39 is 15.9 Å². The highest BCUT2D eigenvalue weighted by molar-refractivity contribution is 7.92. The number of hydrogen-bond donors (Lipinski definition) is 1. The molecule has 0 aliphatic carbocycles. The Kier molecular flexibility index (Phi) is 5.75. The Balaban J connectivity index is 1.77. The Morgan fingerprint density at radius 2 is 1.64 bits per heavy atom. The summed E-state index contributed by atoms with van der Waals surface area (Å²) in [5, 5.41) is 2.70. The molecule has 144 valence electrons. The first-order valence-corrected chi connectivity index (χ1v) is 9.98. The van der Waals surface area contributed by atoms with Crippen LogP contribution >= 0.6 is 0 Å². The van der Waals surface area contributed by atoms with Gasteiger partial charge in [-0.3, -0.25) is 9.10 Å². The van der Waals surface area contributed by atoms with E-state index >= 15 is 0 Å². The van der Waals surface area contributed by atoms with Crippen molar-refractivity contribution in [2.75, 3.05) is 11.4 Å². The summed E-state index contributed by atoms with van der Waals surface area (Å²) in [7, 11) is -2.34. The molecule has 1 N–H and O–H groups in total. The van der Waals surface area contributed by atoms with Crippen molar-refractivity contribution in [3.05, 3.63) is 95.8 Å². The maximum Gasteiger partial charge on any atom is 0.264 e. The minimum Gasteiger partial charge on any atom is -0.348 e. The molecule has 3 rings (SSSR count). The van der Waals surface area contributed by atoms with Crippen LogP contribution in [0.5, 0.6) is 0 Å². The maximum atomic E-state index is 12.9. The SMILES string of the molecule is CN(c1ccccc1)S(=O)(=O)c1cccc(C(=O)NCc2ccc(F)cc2)c1. The summed E-state index contributed by atoms with van der Waals surface area (Å²) in [5.74, 6) is -0.765. The number of para-hydroxylation sites is 1. The van der Waals surface area contributed by atoms with E-state index in [1.54, 1.807) is 48.5 Å². The van der Waals surface area contributed by atoms with E-state index in [0.717, 1.165) is 5.56 Å². The standard InChI is InChI=1S/C21H19FN2O3S/c1-24(19-7-3-2-4-8-19)28(26,27)20-9-5-6-17(14-20)21(25)23-15-16-10-12-18(22)13-11-16/h2-14H,15H2,1H3,(H,23,25). The molecule has 0 saturated carbocycles. The number of carbonyl (C=O) groups excluding carboxylic acids is 1. The van der Waals surface area contributed by atoms with Crippen LogP contribution in [0, 0.1) is 5.82 Å². The number of sulfonamides is 1. The number of amides is 1. The lowest BCUT2D eigenvalue weighted by molar-refractivity contribution is 0.0950. The van der Waals surface area contributed by atoms with E-state index in [1.807, 2.05) is 0 Å². The number of carbonyl (C=O) groups is 1. The molecule has 0 aliphatic heterocycles. The predicted octanol–water partition coefficient (Wildman–Crippen LogP) is 3.58. The van der Waals surface area contributed by atoms with Crippen LogP contribution in [-0.2, 0) is 16.6 Å². The van der Waals surface area contributed by atoms with Gasteiger partial charge in [-0.05, 0) is 48.0 Å². The summed E-state index contributed by atoms with van der Waals surface area (Å²) in [4.78, 5) is 12.4. The minimum absolute atomic E-state index is 0.0216. The van der Waals surface area contributed by atoms with E-state index in [0.29, 0.717) is 5.69 Å². The molecule has 1 amide bonds. The summed E-state index contributed by atoms with van der Waals surface area (Å²) in [6.45, 7) is 0.208. The lowest BCUT2D eigenvalue weighted by atomic mass is 10.2. The van der Waals surface area contributed by atoms with Gasteiger partial charge in [-0.25, -0.2) is 12.8 Å². The molecule has 5 nitrogen and oxygen atoms in total. The molecule has 0 unspecified atom stereocenters. The summed E-state index contributed by atoms with van der Waals surface area (Å²) >= 11 is 0. The van der Waals surface area contributed by atoms with Crippen molar-refractivity contribution in [3.8, 4) is 0 Å². The van der Waals surface area contributed by atoms with E-state index in [1.165, 1.54) is 41.7 Å². The number of nitrogens with one attached hydrogen (secondary N) is 1. The predicted molar refractivity (Wildman–Crippen MR) is 106 cm³/mol. The molecular weight excluding hydrogens is 379 g/mol. The number of nitrogens with zero attached hydrogens (tertiary/aromatic N) is 1. The fraction of sp³-hybridized carbons (Fsp3) is 0.0952. The van der Waals surface area contributed by atoms with Gasteiger partial charge in [0, 0.05) is 19.2 Å². The lowest BCUT2D eigenvalue weighted by Crippen LogP contribution is -2.27. The van der Waals surface area contributed by atoms with Crippen molar-refractivity contribution < 1.29 is 17.6 Å². The van der Waals surface area contributed by atoms with Crippen molar-refractivity contribution in [2.45, 2.75) is 11.4 Å². The quantitative estimate of drug-likeness (QED) is 0.690. The molecule has 3 aromatic carbocycles. The van der Waals surface area contributed by atoms with Crippen LogP contribution in [0.15, 0.2) is 83.8 Å². The Labute approximate surface area is 163 Å². The molecular formula is C21H19FN2O3S. The fourth-order valence-corrected chi connectivity index (χ4v) is 3.86. The van der Waals surface area contributed by atoms with Gasteiger partial charge in [0.15, 0.2) is 0 Å². The van der Waals surface area contributed by atoms with Crippen molar-refractivity contribution >= 4 is 21.6 Å². The van der Waals surface area contributed by atoms with Crippen LogP contribution in [0.1, 0.15) is 15.9 Å². The molecule has 0 fully saturated rings. The topological polar surface area (TPSA) is 66.5 Å². The molecule has 0 aliphatic rings. The van der Waals surface area contributed by atoms with E-state index in [4.69, 9.17) is 0 Å². The Hall–Kier alpha value is -3.19. The Morgan fingerprint density at radius 1 is 0.964 bits per heavy atom. The van der Waals surface area contributed by atoms with E-state index in [2.05, 4.69) is 5.32 Å². The fourth-order valence-electron chi connectivity index (χ4n) is 2.62. The van der Waals surface area contributed by atoms with Gasteiger partial charge in [-0.1, -0.05) is 36.4 Å². The van der Waals surface area contributed by atoms with Gasteiger partial charge >= 0.3 is 0 Å². The number of halogens is 1. The largest absolute Gasteiger partial charge is 0.348 e. The average molecular weight is 398 g/mol. The number of benzene rings is 3. The second kappa shape index (κ2) is 8.22. The van der Waals surface area contributed by atoms with Crippen LogP contribution in [-0.4, -0.2) is 21.4 Å². The highest BCUT2D eigenvalue weighted by Gasteiger charge is 2.22. The van der Waals surface area contributed by atoms with E-state index in [-0.39, 0.29) is 22.8 Å². The number of rotatable bonds is 6. The molecule has 0 bridgehead atoms. The first kappa shape index (κ1) is 19.6. The minimum atomic E-state index is -3.81. The molecule has 7 heteroatoms. The normalized spacial score (nSPS) is 11.1. The maximum absolute atomic E-state index is 12.9. The van der Waals surface area contributed by atoms with Gasteiger partial charge in [0.25, 0.3) is 15.9 Å². The van der Waals surface area contributed by atoms with Gasteiger partial charge in [0.1, 0.15) is 5.82 Å². The van der Waals surface area contributed by atoms with Gasteiger partial charge in [-0.2, -0.15) is 0 Å². The highest BCUT2D eigenvalue weighted by Crippen LogP contribution is 2.22. The van der Waals surface area contributed by atoms with Crippen LogP contribution in [0.25, 0.3) is 0 Å². The third kappa shape index (κ3) is 4.37. The molecule has 0 radical (unpaired) electrons. The molecule has 28 heavy (non-hydrogen) atoms. The van der Waals surface area contributed by atoms with Crippen molar-refractivity contribution in [2.24, 2.45) is 0 Å². The van der Waals surface area contributed by atoms with Crippen LogP contribution in [0.4, 0.5) is 10.1 Å². The molecule has 0 saturated heterocycles. The van der Waals surface area contributed by atoms with Gasteiger partial charge in [-0.15, -0.1) is 0 Å². The van der Waals surface area contributed by atoms with Crippen molar-refractivity contribution in [1.82, 2.24) is 5.32 Å². The molecule has 0 aromatic heterocycles. The highest BCUT2D eigenvalue weighted by atomic mass is 32.2. The number of hydrogen-bond acceptors (Lipinski definition) is 3. The van der Waals surface area contributed by atoms with Crippen LogP contribution in [0.2, 0.25) is 0 Å². The first-order valence-electron chi connectivity index (χ1n) is 8.54. The molecule has 0 heterocycles. The summed E-state index contributed by atoms with van der Waals surface area (Å²) < 4.78 is 39.9. The summed E-state index contributed by atoms with van der Waals surface area (Å²) in [6, 6.07) is 20.3. The smallest absolute Gasteiger partial charge is 0.264 e. The monoisotopic (exact) mass is 398 g/mol. The third-order valence-electron chi connectivity index (χ3n) is 4.24. The summed E-state index contributed by atoms with van der Waals surface area (Å²) in [5.41, 5.74) is 1.49.